The van der Waals surface area contributed by atoms with Gasteiger partial charge in [0.05, 0.1) is 18.0 Å². The Bertz CT molecular complexity index is 440. The minimum absolute atomic E-state index is 0.235. The van der Waals surface area contributed by atoms with Gasteiger partial charge >= 0.3 is 0 Å². The van der Waals surface area contributed by atoms with E-state index in [4.69, 9.17) is 8.94 Å². The van der Waals surface area contributed by atoms with E-state index in [1.807, 2.05) is 26.0 Å². The van der Waals surface area contributed by atoms with Crippen molar-refractivity contribution in [3.8, 4) is 0 Å². The number of nitrogens with zero attached hydrogens (tertiary/aromatic N) is 1. The second-order valence-electron chi connectivity index (χ2n) is 4.16. The predicted octanol–water partition coefficient (Wildman–Crippen LogP) is 3.13. The Morgan fingerprint density at radius 2 is 2.24 bits per heavy atom. The Morgan fingerprint density at radius 3 is 2.76 bits per heavy atom. The molecule has 4 nitrogen and oxygen atoms in total. The van der Waals surface area contributed by atoms with Gasteiger partial charge in [0.15, 0.2) is 0 Å². The minimum Gasteiger partial charge on any atom is -0.468 e. The lowest BCUT2D eigenvalue weighted by atomic mass is 10.1. The summed E-state index contributed by atoms with van der Waals surface area (Å²) in [5.74, 6) is 1.85. The molecule has 2 aromatic heterocycles. The standard InChI is InChI=1S/C13H18N2O2/c1-4-12(13-6-5-7-16-13)14-8-11-9(2)15-17-10(11)3/h5-7,12,14H,4,8H2,1-3H3. The van der Waals surface area contributed by atoms with Crippen LogP contribution < -0.4 is 5.32 Å². The van der Waals surface area contributed by atoms with Crippen LogP contribution in [-0.2, 0) is 6.54 Å². The number of nitrogens with one attached hydrogen (secondary N) is 1. The van der Waals surface area contributed by atoms with E-state index in [1.165, 1.54) is 0 Å². The van der Waals surface area contributed by atoms with Crippen molar-refractivity contribution in [2.24, 2.45) is 0 Å². The molecule has 2 heterocycles. The topological polar surface area (TPSA) is 51.2 Å². The molecule has 0 amide bonds. The van der Waals surface area contributed by atoms with Gasteiger partial charge in [0, 0.05) is 12.1 Å². The number of hydrogen-bond donors (Lipinski definition) is 1. The highest BCUT2D eigenvalue weighted by Crippen LogP contribution is 2.19. The van der Waals surface area contributed by atoms with Gasteiger partial charge in [-0.2, -0.15) is 0 Å². The van der Waals surface area contributed by atoms with E-state index in [0.717, 1.165) is 35.7 Å². The zero-order chi connectivity index (χ0) is 12.3. The maximum Gasteiger partial charge on any atom is 0.138 e. The number of furan rings is 1. The van der Waals surface area contributed by atoms with E-state index in [-0.39, 0.29) is 6.04 Å². The van der Waals surface area contributed by atoms with Crippen LogP contribution in [0.2, 0.25) is 0 Å². The molecule has 1 N–H and O–H groups in total. The Labute approximate surface area is 101 Å². The van der Waals surface area contributed by atoms with Gasteiger partial charge in [-0.25, -0.2) is 0 Å². The first kappa shape index (κ1) is 11.9. The van der Waals surface area contributed by atoms with E-state index in [2.05, 4.69) is 17.4 Å². The number of aromatic nitrogens is 1. The van der Waals surface area contributed by atoms with Crippen LogP contribution in [-0.4, -0.2) is 5.16 Å². The van der Waals surface area contributed by atoms with Crippen molar-refractivity contribution in [1.82, 2.24) is 10.5 Å². The number of hydrogen-bond acceptors (Lipinski definition) is 4. The van der Waals surface area contributed by atoms with E-state index in [9.17, 15) is 0 Å². The van der Waals surface area contributed by atoms with E-state index < -0.39 is 0 Å². The molecule has 0 radical (unpaired) electrons. The Kier molecular flexibility index (Phi) is 3.64. The largest absolute Gasteiger partial charge is 0.468 e. The summed E-state index contributed by atoms with van der Waals surface area (Å²) in [5.41, 5.74) is 2.08. The van der Waals surface area contributed by atoms with Crippen molar-refractivity contribution in [3.05, 3.63) is 41.2 Å². The normalized spacial score (nSPS) is 12.9. The van der Waals surface area contributed by atoms with E-state index >= 15 is 0 Å². The summed E-state index contributed by atoms with van der Waals surface area (Å²) in [7, 11) is 0. The summed E-state index contributed by atoms with van der Waals surface area (Å²) < 4.78 is 10.6. The molecule has 2 rings (SSSR count). The maximum absolute atomic E-state index is 5.42. The van der Waals surface area contributed by atoms with E-state index in [0.29, 0.717) is 0 Å². The predicted molar refractivity (Wildman–Crippen MR) is 64.6 cm³/mol. The molecule has 2 aromatic rings. The number of aryl methyl sites for hydroxylation is 2. The molecule has 17 heavy (non-hydrogen) atoms. The average molecular weight is 234 g/mol. The van der Waals surface area contributed by atoms with Crippen molar-refractivity contribution in [3.63, 3.8) is 0 Å². The summed E-state index contributed by atoms with van der Waals surface area (Å²) in [6, 6.07) is 4.14. The third kappa shape index (κ3) is 2.58. The highest BCUT2D eigenvalue weighted by Gasteiger charge is 2.14. The van der Waals surface area contributed by atoms with Crippen molar-refractivity contribution in [1.29, 1.82) is 0 Å². The smallest absolute Gasteiger partial charge is 0.138 e. The van der Waals surface area contributed by atoms with Crippen LogP contribution in [0.1, 0.15) is 42.2 Å². The molecule has 4 heteroatoms. The zero-order valence-corrected chi connectivity index (χ0v) is 10.5. The lowest BCUT2D eigenvalue weighted by molar-refractivity contribution is 0.387. The van der Waals surface area contributed by atoms with Crippen molar-refractivity contribution in [2.75, 3.05) is 0 Å². The summed E-state index contributed by atoms with van der Waals surface area (Å²) in [6.07, 6.45) is 2.69. The summed E-state index contributed by atoms with van der Waals surface area (Å²) in [5, 5.41) is 7.41. The van der Waals surface area contributed by atoms with Crippen LogP contribution in [0.5, 0.6) is 0 Å². The van der Waals surface area contributed by atoms with Gasteiger partial charge in [0.25, 0.3) is 0 Å². The molecule has 1 unspecified atom stereocenters. The van der Waals surface area contributed by atoms with Gasteiger partial charge in [-0.15, -0.1) is 0 Å². The first-order chi connectivity index (χ1) is 8.22. The molecule has 0 spiro atoms. The van der Waals surface area contributed by atoms with Crippen molar-refractivity contribution in [2.45, 2.75) is 39.8 Å². The minimum atomic E-state index is 0.235. The fourth-order valence-electron chi connectivity index (χ4n) is 1.92. The molecule has 0 aliphatic rings. The SMILES string of the molecule is CCC(NCc1c(C)noc1C)c1ccco1. The summed E-state index contributed by atoms with van der Waals surface area (Å²) in [6.45, 7) is 6.78. The van der Waals surface area contributed by atoms with Crippen LogP contribution in [0.4, 0.5) is 0 Å². The van der Waals surface area contributed by atoms with Gasteiger partial charge in [0.1, 0.15) is 11.5 Å². The molecular weight excluding hydrogens is 216 g/mol. The average Bonchev–Trinajstić information content (AvgIpc) is 2.94. The first-order valence-corrected chi connectivity index (χ1v) is 5.91. The van der Waals surface area contributed by atoms with Crippen LogP contribution in [0, 0.1) is 13.8 Å². The van der Waals surface area contributed by atoms with Gasteiger partial charge in [-0.05, 0) is 32.4 Å². The van der Waals surface area contributed by atoms with Crippen LogP contribution in [0.3, 0.4) is 0 Å². The zero-order valence-electron chi connectivity index (χ0n) is 10.5. The van der Waals surface area contributed by atoms with Crippen molar-refractivity contribution < 1.29 is 8.94 Å². The van der Waals surface area contributed by atoms with Gasteiger partial charge < -0.3 is 14.3 Å². The molecular formula is C13H18N2O2. The second kappa shape index (κ2) is 5.19. The van der Waals surface area contributed by atoms with Crippen molar-refractivity contribution >= 4 is 0 Å². The Balaban J connectivity index is 2.02. The molecule has 0 fully saturated rings. The summed E-state index contributed by atoms with van der Waals surface area (Å²) >= 11 is 0. The molecule has 0 saturated carbocycles. The lowest BCUT2D eigenvalue weighted by Gasteiger charge is -2.14. The maximum atomic E-state index is 5.42. The second-order valence-corrected chi connectivity index (χ2v) is 4.16. The molecule has 1 atom stereocenters. The Morgan fingerprint density at radius 1 is 1.41 bits per heavy atom. The molecule has 0 bridgehead atoms. The first-order valence-electron chi connectivity index (χ1n) is 5.91. The molecule has 92 valence electrons. The number of rotatable bonds is 5. The molecule has 0 saturated heterocycles. The third-order valence-electron chi connectivity index (χ3n) is 3.00. The van der Waals surface area contributed by atoms with E-state index in [1.54, 1.807) is 6.26 Å². The fraction of sp³-hybridized carbons (Fsp3) is 0.462. The molecule has 0 aliphatic carbocycles. The monoisotopic (exact) mass is 234 g/mol. The van der Waals surface area contributed by atoms with Crippen LogP contribution in [0.25, 0.3) is 0 Å². The fourth-order valence-corrected chi connectivity index (χ4v) is 1.92. The summed E-state index contributed by atoms with van der Waals surface area (Å²) in [4.78, 5) is 0. The molecule has 0 aliphatic heterocycles. The third-order valence-corrected chi connectivity index (χ3v) is 3.00. The van der Waals surface area contributed by atoms with Gasteiger partial charge in [-0.1, -0.05) is 12.1 Å². The van der Waals surface area contributed by atoms with Gasteiger partial charge in [0.2, 0.25) is 0 Å². The highest BCUT2D eigenvalue weighted by molar-refractivity contribution is 5.20. The highest BCUT2D eigenvalue weighted by atomic mass is 16.5. The molecule has 0 aromatic carbocycles. The van der Waals surface area contributed by atoms with Crippen LogP contribution >= 0.6 is 0 Å². The Hall–Kier alpha value is -1.55. The van der Waals surface area contributed by atoms with Crippen LogP contribution in [0.15, 0.2) is 27.3 Å². The quantitative estimate of drug-likeness (QED) is 0.863. The van der Waals surface area contributed by atoms with Gasteiger partial charge in [-0.3, -0.25) is 0 Å². The lowest BCUT2D eigenvalue weighted by Crippen LogP contribution is -2.20.